The lowest BCUT2D eigenvalue weighted by Gasteiger charge is -2.15. The molecule has 0 bridgehead atoms. The molecule has 0 radical (unpaired) electrons. The standard InChI is InChI=1S/C12H14BrFN4O2S/c1-8(7-18-4-2-3-16-18)17-21(19,20)11-6-9(15)5-10(13)12(11)14/h2-6,8,17H,7,15H2,1H3. The molecule has 2 rings (SSSR count). The first-order chi connectivity index (χ1) is 9.79. The normalized spacial score (nSPS) is 13.3. The Labute approximate surface area is 130 Å². The van der Waals surface area contributed by atoms with Crippen LogP contribution in [0.15, 0.2) is 40.0 Å². The van der Waals surface area contributed by atoms with E-state index < -0.39 is 26.8 Å². The molecule has 1 atom stereocenters. The molecule has 1 heterocycles. The third-order valence-corrected chi connectivity index (χ3v) is 4.85. The Morgan fingerprint density at radius 2 is 2.24 bits per heavy atom. The topological polar surface area (TPSA) is 90.0 Å². The average Bonchev–Trinajstić information content (AvgIpc) is 2.85. The maximum atomic E-state index is 14.0. The Hall–Kier alpha value is -1.45. The average molecular weight is 377 g/mol. The van der Waals surface area contributed by atoms with Crippen molar-refractivity contribution in [3.05, 3.63) is 40.9 Å². The van der Waals surface area contributed by atoms with Gasteiger partial charge in [0.15, 0.2) is 5.82 Å². The summed E-state index contributed by atoms with van der Waals surface area (Å²) >= 11 is 2.94. The molecule has 0 amide bonds. The van der Waals surface area contributed by atoms with Crippen molar-refractivity contribution in [2.24, 2.45) is 0 Å². The summed E-state index contributed by atoms with van der Waals surface area (Å²) in [6.07, 6.45) is 3.30. The van der Waals surface area contributed by atoms with Crippen LogP contribution in [0.2, 0.25) is 0 Å². The van der Waals surface area contributed by atoms with Crippen LogP contribution in [-0.2, 0) is 16.6 Å². The van der Waals surface area contributed by atoms with E-state index in [2.05, 4.69) is 25.8 Å². The molecule has 1 aromatic carbocycles. The van der Waals surface area contributed by atoms with Crippen molar-refractivity contribution in [1.82, 2.24) is 14.5 Å². The number of hydrogen-bond donors (Lipinski definition) is 2. The van der Waals surface area contributed by atoms with Crippen LogP contribution in [-0.4, -0.2) is 24.2 Å². The zero-order valence-corrected chi connectivity index (χ0v) is 13.5. The Balaban J connectivity index is 2.22. The maximum absolute atomic E-state index is 14.0. The van der Waals surface area contributed by atoms with E-state index in [1.807, 2.05) is 0 Å². The lowest BCUT2D eigenvalue weighted by molar-refractivity contribution is 0.490. The summed E-state index contributed by atoms with van der Waals surface area (Å²) in [5.74, 6) is -0.872. The second-order valence-corrected chi connectivity index (χ2v) is 7.10. The molecule has 1 aromatic heterocycles. The predicted octanol–water partition coefficient (Wildman–Crippen LogP) is 1.73. The summed E-state index contributed by atoms with van der Waals surface area (Å²) in [5, 5.41) is 3.99. The van der Waals surface area contributed by atoms with Gasteiger partial charge in [-0.1, -0.05) is 0 Å². The fraction of sp³-hybridized carbons (Fsp3) is 0.250. The van der Waals surface area contributed by atoms with Crippen LogP contribution < -0.4 is 10.5 Å². The zero-order valence-electron chi connectivity index (χ0n) is 11.1. The highest BCUT2D eigenvalue weighted by atomic mass is 79.9. The summed E-state index contributed by atoms with van der Waals surface area (Å²) in [5.41, 5.74) is 5.72. The van der Waals surface area contributed by atoms with Gasteiger partial charge in [-0.05, 0) is 41.1 Å². The van der Waals surface area contributed by atoms with E-state index in [0.29, 0.717) is 6.54 Å². The first-order valence-electron chi connectivity index (χ1n) is 6.04. The van der Waals surface area contributed by atoms with Crippen molar-refractivity contribution in [3.8, 4) is 0 Å². The third-order valence-electron chi connectivity index (χ3n) is 2.68. The van der Waals surface area contributed by atoms with Gasteiger partial charge in [0.05, 0.1) is 11.0 Å². The quantitative estimate of drug-likeness (QED) is 0.777. The number of nitrogens with one attached hydrogen (secondary N) is 1. The fourth-order valence-electron chi connectivity index (χ4n) is 1.83. The minimum absolute atomic E-state index is 0.00241. The van der Waals surface area contributed by atoms with Gasteiger partial charge in [-0.3, -0.25) is 4.68 Å². The minimum Gasteiger partial charge on any atom is -0.399 e. The van der Waals surface area contributed by atoms with E-state index in [1.54, 1.807) is 30.1 Å². The van der Waals surface area contributed by atoms with Gasteiger partial charge < -0.3 is 5.73 Å². The number of rotatable bonds is 5. The van der Waals surface area contributed by atoms with Crippen LogP contribution in [0.1, 0.15) is 6.92 Å². The van der Waals surface area contributed by atoms with Gasteiger partial charge in [0.25, 0.3) is 0 Å². The molecule has 0 saturated carbocycles. The highest BCUT2D eigenvalue weighted by Crippen LogP contribution is 2.26. The van der Waals surface area contributed by atoms with Crippen LogP contribution >= 0.6 is 15.9 Å². The molecule has 6 nitrogen and oxygen atoms in total. The highest BCUT2D eigenvalue weighted by molar-refractivity contribution is 9.10. The summed E-state index contributed by atoms with van der Waals surface area (Å²) in [6, 6.07) is 3.66. The number of halogens is 2. The Morgan fingerprint density at radius 3 is 2.86 bits per heavy atom. The van der Waals surface area contributed by atoms with Gasteiger partial charge in [-0.25, -0.2) is 17.5 Å². The van der Waals surface area contributed by atoms with Gasteiger partial charge in [-0.15, -0.1) is 0 Å². The van der Waals surface area contributed by atoms with E-state index in [-0.39, 0.29) is 10.2 Å². The molecular weight excluding hydrogens is 363 g/mol. The van der Waals surface area contributed by atoms with E-state index in [9.17, 15) is 12.8 Å². The Morgan fingerprint density at radius 1 is 1.52 bits per heavy atom. The fourth-order valence-corrected chi connectivity index (χ4v) is 3.81. The molecule has 21 heavy (non-hydrogen) atoms. The molecule has 0 fully saturated rings. The van der Waals surface area contributed by atoms with Gasteiger partial charge in [0.2, 0.25) is 10.0 Å². The molecule has 114 valence electrons. The number of anilines is 1. The van der Waals surface area contributed by atoms with Crippen molar-refractivity contribution < 1.29 is 12.8 Å². The smallest absolute Gasteiger partial charge is 0.243 e. The number of aromatic nitrogens is 2. The number of nitrogen functional groups attached to an aromatic ring is 1. The first kappa shape index (κ1) is 15.9. The zero-order chi connectivity index (χ0) is 15.6. The Bertz CT molecular complexity index is 734. The van der Waals surface area contributed by atoms with Crippen LogP contribution in [0, 0.1) is 5.82 Å². The largest absolute Gasteiger partial charge is 0.399 e. The second kappa shape index (κ2) is 6.12. The van der Waals surface area contributed by atoms with E-state index in [4.69, 9.17) is 5.73 Å². The van der Waals surface area contributed by atoms with E-state index in [0.717, 1.165) is 6.07 Å². The third kappa shape index (κ3) is 3.80. The minimum atomic E-state index is -4.01. The molecule has 0 spiro atoms. The van der Waals surface area contributed by atoms with Crippen LogP contribution in [0.25, 0.3) is 0 Å². The van der Waals surface area contributed by atoms with Crippen molar-refractivity contribution in [1.29, 1.82) is 0 Å². The summed E-state index contributed by atoms with van der Waals surface area (Å²) in [6.45, 7) is 2.00. The number of hydrogen-bond acceptors (Lipinski definition) is 4. The van der Waals surface area contributed by atoms with Crippen LogP contribution in [0.5, 0.6) is 0 Å². The maximum Gasteiger partial charge on any atom is 0.243 e. The summed E-state index contributed by atoms with van der Waals surface area (Å²) in [4.78, 5) is -0.485. The molecule has 9 heteroatoms. The van der Waals surface area contributed by atoms with Crippen molar-refractivity contribution in [2.45, 2.75) is 24.4 Å². The lowest BCUT2D eigenvalue weighted by Crippen LogP contribution is -2.36. The molecule has 2 aromatic rings. The van der Waals surface area contributed by atoms with E-state index in [1.165, 1.54) is 6.07 Å². The Kier molecular flexibility index (Phi) is 4.64. The van der Waals surface area contributed by atoms with Gasteiger partial charge >= 0.3 is 0 Å². The first-order valence-corrected chi connectivity index (χ1v) is 8.31. The van der Waals surface area contributed by atoms with Gasteiger partial charge in [-0.2, -0.15) is 5.10 Å². The lowest BCUT2D eigenvalue weighted by atomic mass is 10.3. The molecule has 3 N–H and O–H groups in total. The molecule has 0 saturated heterocycles. The van der Waals surface area contributed by atoms with E-state index >= 15 is 0 Å². The van der Waals surface area contributed by atoms with Crippen molar-refractivity contribution in [2.75, 3.05) is 5.73 Å². The van der Waals surface area contributed by atoms with Crippen LogP contribution in [0.3, 0.4) is 0 Å². The van der Waals surface area contributed by atoms with Crippen molar-refractivity contribution >= 4 is 31.6 Å². The molecular formula is C12H14BrFN4O2S. The number of nitrogens with two attached hydrogens (primary N) is 1. The monoisotopic (exact) mass is 376 g/mol. The van der Waals surface area contributed by atoms with Crippen molar-refractivity contribution in [3.63, 3.8) is 0 Å². The molecule has 1 unspecified atom stereocenters. The second-order valence-electron chi connectivity index (χ2n) is 4.57. The van der Waals surface area contributed by atoms with Gasteiger partial charge in [0, 0.05) is 24.1 Å². The number of sulfonamides is 1. The van der Waals surface area contributed by atoms with Crippen LogP contribution in [0.4, 0.5) is 10.1 Å². The molecule has 0 aliphatic heterocycles. The SMILES string of the molecule is CC(Cn1cccn1)NS(=O)(=O)c1cc(N)cc(Br)c1F. The van der Waals surface area contributed by atoms with Gasteiger partial charge in [0.1, 0.15) is 4.90 Å². The number of benzene rings is 1. The molecule has 0 aliphatic rings. The summed E-state index contributed by atoms with van der Waals surface area (Å²) in [7, 11) is -4.01. The predicted molar refractivity (Wildman–Crippen MR) is 80.5 cm³/mol. The highest BCUT2D eigenvalue weighted by Gasteiger charge is 2.23. The summed E-state index contributed by atoms with van der Waals surface area (Å²) < 4.78 is 42.4. The number of nitrogens with zero attached hydrogens (tertiary/aromatic N) is 2. The molecule has 0 aliphatic carbocycles.